The van der Waals surface area contributed by atoms with Gasteiger partial charge in [-0.1, -0.05) is 26.2 Å². The van der Waals surface area contributed by atoms with Gasteiger partial charge in [0.05, 0.1) is 0 Å². The van der Waals surface area contributed by atoms with E-state index >= 15 is 0 Å². The summed E-state index contributed by atoms with van der Waals surface area (Å²) in [6, 6.07) is 7.21. The molecule has 0 heterocycles. The molecular formula is C16H21NO2. The molecule has 2 rings (SSSR count). The van der Waals surface area contributed by atoms with Gasteiger partial charge in [0.1, 0.15) is 0 Å². The smallest absolute Gasteiger partial charge is 0.221 e. The first-order valence-corrected chi connectivity index (χ1v) is 6.94. The van der Waals surface area contributed by atoms with Crippen molar-refractivity contribution in [2.24, 2.45) is 5.41 Å². The van der Waals surface area contributed by atoms with Crippen LogP contribution < -0.4 is 5.32 Å². The van der Waals surface area contributed by atoms with Gasteiger partial charge in [0, 0.05) is 23.6 Å². The highest BCUT2D eigenvalue weighted by molar-refractivity contribution is 6.01. The normalized spacial score (nSPS) is 17.8. The summed E-state index contributed by atoms with van der Waals surface area (Å²) in [5.74, 6) is 0.139. The zero-order valence-corrected chi connectivity index (χ0v) is 11.7. The van der Waals surface area contributed by atoms with Crippen molar-refractivity contribution in [1.29, 1.82) is 0 Å². The van der Waals surface area contributed by atoms with E-state index in [1.54, 1.807) is 12.1 Å². The molecule has 0 bridgehead atoms. The lowest BCUT2D eigenvalue weighted by molar-refractivity contribution is -0.114. The van der Waals surface area contributed by atoms with Gasteiger partial charge >= 0.3 is 0 Å². The second-order valence-corrected chi connectivity index (χ2v) is 5.71. The quantitative estimate of drug-likeness (QED) is 0.839. The third-order valence-electron chi connectivity index (χ3n) is 3.97. The lowest BCUT2D eigenvalue weighted by Crippen LogP contribution is -2.30. The molecule has 1 amide bonds. The van der Waals surface area contributed by atoms with Gasteiger partial charge in [-0.3, -0.25) is 9.59 Å². The van der Waals surface area contributed by atoms with E-state index in [1.165, 1.54) is 13.3 Å². The fourth-order valence-electron chi connectivity index (χ4n) is 2.82. The van der Waals surface area contributed by atoms with E-state index in [-0.39, 0.29) is 17.1 Å². The number of amides is 1. The molecule has 1 aliphatic rings. The third kappa shape index (κ3) is 3.22. The summed E-state index contributed by atoms with van der Waals surface area (Å²) < 4.78 is 0. The maximum absolute atomic E-state index is 12.6. The molecule has 19 heavy (non-hydrogen) atoms. The molecule has 0 unspecified atom stereocenters. The highest BCUT2D eigenvalue weighted by Crippen LogP contribution is 2.38. The average Bonchev–Trinajstić information content (AvgIpc) is 2.39. The van der Waals surface area contributed by atoms with Crippen molar-refractivity contribution in [1.82, 2.24) is 0 Å². The summed E-state index contributed by atoms with van der Waals surface area (Å²) in [6.07, 6.45) is 5.50. The number of hydrogen-bond acceptors (Lipinski definition) is 2. The van der Waals surface area contributed by atoms with Gasteiger partial charge < -0.3 is 5.32 Å². The van der Waals surface area contributed by atoms with Crippen LogP contribution in [0.2, 0.25) is 0 Å². The first kappa shape index (κ1) is 13.8. The van der Waals surface area contributed by atoms with Crippen molar-refractivity contribution in [2.75, 3.05) is 5.32 Å². The average molecular weight is 259 g/mol. The summed E-state index contributed by atoms with van der Waals surface area (Å²) in [7, 11) is 0. The number of hydrogen-bond donors (Lipinski definition) is 1. The number of rotatable bonds is 3. The van der Waals surface area contributed by atoms with Gasteiger partial charge in [-0.05, 0) is 37.1 Å². The second kappa shape index (κ2) is 5.55. The molecule has 1 aromatic carbocycles. The SMILES string of the molecule is CC(=O)Nc1ccc(C(=O)C2(C)CCCCC2)cc1. The molecule has 0 aromatic heterocycles. The Hall–Kier alpha value is -1.64. The van der Waals surface area contributed by atoms with Crippen LogP contribution in [0.4, 0.5) is 5.69 Å². The largest absolute Gasteiger partial charge is 0.326 e. The number of ketones is 1. The Morgan fingerprint density at radius 3 is 2.16 bits per heavy atom. The van der Waals surface area contributed by atoms with E-state index < -0.39 is 0 Å². The third-order valence-corrected chi connectivity index (χ3v) is 3.97. The van der Waals surface area contributed by atoms with Crippen LogP contribution in [0.3, 0.4) is 0 Å². The molecule has 0 saturated heterocycles. The van der Waals surface area contributed by atoms with E-state index in [4.69, 9.17) is 0 Å². The number of benzene rings is 1. The molecule has 0 aliphatic heterocycles. The zero-order valence-electron chi connectivity index (χ0n) is 11.7. The molecule has 1 aromatic rings. The minimum absolute atomic E-state index is 0.0988. The predicted molar refractivity (Wildman–Crippen MR) is 76.3 cm³/mol. The summed E-state index contributed by atoms with van der Waals surface area (Å²) in [4.78, 5) is 23.5. The van der Waals surface area contributed by atoms with Crippen LogP contribution >= 0.6 is 0 Å². The molecule has 1 saturated carbocycles. The summed E-state index contributed by atoms with van der Waals surface area (Å²) in [6.45, 7) is 3.55. The van der Waals surface area contributed by atoms with Crippen LogP contribution in [0.15, 0.2) is 24.3 Å². The Labute approximate surface area is 114 Å². The number of nitrogens with one attached hydrogen (secondary N) is 1. The van der Waals surface area contributed by atoms with Gasteiger partial charge in [0.25, 0.3) is 0 Å². The van der Waals surface area contributed by atoms with Gasteiger partial charge in [-0.2, -0.15) is 0 Å². The topological polar surface area (TPSA) is 46.2 Å². The molecule has 3 heteroatoms. The summed E-state index contributed by atoms with van der Waals surface area (Å²) in [5.41, 5.74) is 1.28. The van der Waals surface area contributed by atoms with E-state index in [0.717, 1.165) is 36.9 Å². The van der Waals surface area contributed by atoms with Gasteiger partial charge in [-0.15, -0.1) is 0 Å². The zero-order chi connectivity index (χ0) is 13.9. The molecule has 0 radical (unpaired) electrons. The van der Waals surface area contributed by atoms with Crippen molar-refractivity contribution in [3.8, 4) is 0 Å². The van der Waals surface area contributed by atoms with Crippen molar-refractivity contribution in [2.45, 2.75) is 46.0 Å². The molecule has 1 N–H and O–H groups in total. The van der Waals surface area contributed by atoms with Crippen LogP contribution in [0.5, 0.6) is 0 Å². The van der Waals surface area contributed by atoms with E-state index in [9.17, 15) is 9.59 Å². The van der Waals surface area contributed by atoms with Crippen molar-refractivity contribution >= 4 is 17.4 Å². The Kier molecular flexibility index (Phi) is 4.03. The summed E-state index contributed by atoms with van der Waals surface area (Å²) >= 11 is 0. The van der Waals surface area contributed by atoms with Crippen LogP contribution in [0.1, 0.15) is 56.3 Å². The lowest BCUT2D eigenvalue weighted by atomic mass is 9.71. The van der Waals surface area contributed by atoms with Gasteiger partial charge in [-0.25, -0.2) is 0 Å². The van der Waals surface area contributed by atoms with Crippen molar-refractivity contribution < 1.29 is 9.59 Å². The van der Waals surface area contributed by atoms with Crippen molar-refractivity contribution in [3.05, 3.63) is 29.8 Å². The maximum Gasteiger partial charge on any atom is 0.221 e. The van der Waals surface area contributed by atoms with E-state index in [1.807, 2.05) is 12.1 Å². The highest BCUT2D eigenvalue weighted by atomic mass is 16.1. The number of Topliss-reactive ketones (excluding diaryl/α,β-unsaturated/α-hetero) is 1. The first-order chi connectivity index (χ1) is 9.01. The van der Waals surface area contributed by atoms with Crippen LogP contribution in [0, 0.1) is 5.41 Å². The molecular weight excluding hydrogens is 238 g/mol. The molecule has 0 atom stereocenters. The highest BCUT2D eigenvalue weighted by Gasteiger charge is 2.34. The first-order valence-electron chi connectivity index (χ1n) is 6.94. The van der Waals surface area contributed by atoms with Gasteiger partial charge in [0.2, 0.25) is 5.91 Å². The Morgan fingerprint density at radius 1 is 1.05 bits per heavy atom. The molecule has 1 aliphatic carbocycles. The molecule has 0 spiro atoms. The summed E-state index contributed by atoms with van der Waals surface area (Å²) in [5, 5.41) is 2.71. The Balaban J connectivity index is 2.13. The minimum Gasteiger partial charge on any atom is -0.326 e. The standard InChI is InChI=1S/C16H21NO2/c1-12(18)17-14-8-6-13(7-9-14)15(19)16(2)10-4-3-5-11-16/h6-9H,3-5,10-11H2,1-2H3,(H,17,18). The van der Waals surface area contributed by atoms with E-state index in [0.29, 0.717) is 0 Å². The van der Waals surface area contributed by atoms with Crippen LogP contribution in [0.25, 0.3) is 0 Å². The Morgan fingerprint density at radius 2 is 1.63 bits per heavy atom. The number of carbonyl (C=O) groups excluding carboxylic acids is 2. The fourth-order valence-corrected chi connectivity index (χ4v) is 2.82. The van der Waals surface area contributed by atoms with Crippen LogP contribution in [-0.4, -0.2) is 11.7 Å². The lowest BCUT2D eigenvalue weighted by Gasteiger charge is -2.32. The van der Waals surface area contributed by atoms with Crippen molar-refractivity contribution in [3.63, 3.8) is 0 Å². The maximum atomic E-state index is 12.6. The molecule has 102 valence electrons. The minimum atomic E-state index is -0.201. The van der Waals surface area contributed by atoms with Crippen LogP contribution in [-0.2, 0) is 4.79 Å². The second-order valence-electron chi connectivity index (χ2n) is 5.71. The molecule has 3 nitrogen and oxygen atoms in total. The Bertz CT molecular complexity index is 470. The van der Waals surface area contributed by atoms with Gasteiger partial charge in [0.15, 0.2) is 5.78 Å². The fraction of sp³-hybridized carbons (Fsp3) is 0.500. The number of anilines is 1. The molecule has 1 fully saturated rings. The predicted octanol–water partition coefficient (Wildman–Crippen LogP) is 3.80. The van der Waals surface area contributed by atoms with E-state index in [2.05, 4.69) is 12.2 Å². The number of carbonyl (C=O) groups is 2. The monoisotopic (exact) mass is 259 g/mol.